The molecule has 2 N–H and O–H groups in total. The van der Waals surface area contributed by atoms with Crippen LogP contribution in [-0.2, 0) is 4.74 Å². The van der Waals surface area contributed by atoms with Gasteiger partial charge in [0.25, 0.3) is 0 Å². The van der Waals surface area contributed by atoms with E-state index in [1.165, 1.54) is 5.56 Å². The minimum Gasteiger partial charge on any atom is -0.378 e. The van der Waals surface area contributed by atoms with Gasteiger partial charge in [0.2, 0.25) is 0 Å². The Balaban J connectivity index is 1.54. The molecule has 0 saturated carbocycles. The number of nitrogens with zero attached hydrogens (tertiary/aromatic N) is 2. The van der Waals surface area contributed by atoms with E-state index in [0.717, 1.165) is 37.8 Å². The fourth-order valence-electron chi connectivity index (χ4n) is 2.63. The molecular weight excluding hydrogens is 320 g/mol. The van der Waals surface area contributed by atoms with Crippen LogP contribution in [0, 0.1) is 0 Å². The van der Waals surface area contributed by atoms with Crippen LogP contribution in [0.5, 0.6) is 0 Å². The molecular formula is C18H22N4OS. The van der Waals surface area contributed by atoms with Crippen molar-refractivity contribution in [3.63, 3.8) is 0 Å². The Kier molecular flexibility index (Phi) is 5.61. The molecule has 1 aromatic heterocycles. The van der Waals surface area contributed by atoms with Gasteiger partial charge in [-0.05, 0) is 36.8 Å². The molecule has 2 heterocycles. The molecule has 0 unspecified atom stereocenters. The lowest BCUT2D eigenvalue weighted by Gasteiger charge is -2.27. The van der Waals surface area contributed by atoms with E-state index in [-0.39, 0.29) is 6.04 Å². The largest absolute Gasteiger partial charge is 0.378 e. The van der Waals surface area contributed by atoms with Gasteiger partial charge in [0.1, 0.15) is 5.82 Å². The zero-order chi connectivity index (χ0) is 16.8. The van der Waals surface area contributed by atoms with E-state index in [1.54, 1.807) is 0 Å². The average Bonchev–Trinajstić information content (AvgIpc) is 2.64. The van der Waals surface area contributed by atoms with Crippen molar-refractivity contribution in [1.29, 1.82) is 0 Å². The van der Waals surface area contributed by atoms with Crippen LogP contribution in [0.4, 0.5) is 11.5 Å². The van der Waals surface area contributed by atoms with E-state index in [2.05, 4.69) is 39.6 Å². The van der Waals surface area contributed by atoms with Crippen LogP contribution in [0.1, 0.15) is 18.5 Å². The van der Waals surface area contributed by atoms with Crippen molar-refractivity contribution in [1.82, 2.24) is 10.3 Å². The van der Waals surface area contributed by atoms with E-state index >= 15 is 0 Å². The fraction of sp³-hybridized carbons (Fsp3) is 0.333. The van der Waals surface area contributed by atoms with Crippen molar-refractivity contribution >= 4 is 28.8 Å². The van der Waals surface area contributed by atoms with E-state index in [4.69, 9.17) is 17.0 Å². The van der Waals surface area contributed by atoms with Crippen LogP contribution >= 0.6 is 12.2 Å². The lowest BCUT2D eigenvalue weighted by Crippen LogP contribution is -2.36. The first-order valence-corrected chi connectivity index (χ1v) is 8.54. The average molecular weight is 342 g/mol. The molecule has 0 radical (unpaired) electrons. The third-order valence-electron chi connectivity index (χ3n) is 3.99. The highest BCUT2D eigenvalue weighted by Gasteiger charge is 2.12. The normalized spacial score (nSPS) is 15.6. The molecule has 1 fully saturated rings. The topological polar surface area (TPSA) is 49.4 Å². The maximum Gasteiger partial charge on any atom is 0.171 e. The van der Waals surface area contributed by atoms with Gasteiger partial charge in [0.15, 0.2) is 5.11 Å². The first kappa shape index (κ1) is 16.7. The fourth-order valence-corrected chi connectivity index (χ4v) is 2.92. The summed E-state index contributed by atoms with van der Waals surface area (Å²) in [7, 11) is 0. The van der Waals surface area contributed by atoms with Gasteiger partial charge in [-0.1, -0.05) is 30.3 Å². The van der Waals surface area contributed by atoms with Crippen LogP contribution in [-0.4, -0.2) is 36.4 Å². The molecule has 1 aliphatic heterocycles. The minimum absolute atomic E-state index is 0.145. The summed E-state index contributed by atoms with van der Waals surface area (Å²) in [6, 6.07) is 14.4. The van der Waals surface area contributed by atoms with Crippen LogP contribution in [0.3, 0.4) is 0 Å². The van der Waals surface area contributed by atoms with Gasteiger partial charge in [0, 0.05) is 13.1 Å². The van der Waals surface area contributed by atoms with Crippen molar-refractivity contribution in [3.05, 3.63) is 54.2 Å². The van der Waals surface area contributed by atoms with Crippen molar-refractivity contribution in [2.45, 2.75) is 13.0 Å². The molecule has 0 amide bonds. The zero-order valence-electron chi connectivity index (χ0n) is 13.7. The molecule has 126 valence electrons. The molecule has 24 heavy (non-hydrogen) atoms. The Labute approximate surface area is 148 Å². The molecule has 1 atom stereocenters. The summed E-state index contributed by atoms with van der Waals surface area (Å²) in [5.74, 6) is 0.973. The number of nitrogens with one attached hydrogen (secondary N) is 2. The Hall–Kier alpha value is -2.18. The molecule has 5 nitrogen and oxygen atoms in total. The third kappa shape index (κ3) is 4.43. The summed E-state index contributed by atoms with van der Waals surface area (Å²) >= 11 is 5.39. The number of aromatic nitrogens is 1. The van der Waals surface area contributed by atoms with Gasteiger partial charge in [-0.3, -0.25) is 0 Å². The lowest BCUT2D eigenvalue weighted by molar-refractivity contribution is 0.122. The van der Waals surface area contributed by atoms with Crippen molar-refractivity contribution in [2.24, 2.45) is 0 Å². The second kappa shape index (κ2) is 8.08. The number of rotatable bonds is 4. The SMILES string of the molecule is C[C@@H](NC(=S)Nc1ccc(N2CCOCC2)nc1)c1ccccc1. The molecule has 2 aromatic rings. The highest BCUT2D eigenvalue weighted by Crippen LogP contribution is 2.16. The van der Waals surface area contributed by atoms with Gasteiger partial charge < -0.3 is 20.3 Å². The Morgan fingerprint density at radius 2 is 1.92 bits per heavy atom. The molecule has 1 saturated heterocycles. The second-order valence-electron chi connectivity index (χ2n) is 5.74. The van der Waals surface area contributed by atoms with E-state index < -0.39 is 0 Å². The molecule has 0 aliphatic carbocycles. The van der Waals surface area contributed by atoms with Gasteiger partial charge in [0.05, 0.1) is 31.1 Å². The number of morpholine rings is 1. The Morgan fingerprint density at radius 3 is 2.58 bits per heavy atom. The highest BCUT2D eigenvalue weighted by molar-refractivity contribution is 7.80. The maximum absolute atomic E-state index is 5.39. The standard InChI is InChI=1S/C18H22N4OS/c1-14(15-5-3-2-4-6-15)20-18(24)21-16-7-8-17(19-13-16)22-9-11-23-12-10-22/h2-8,13-14H,9-12H2,1H3,(H2,20,21,24)/t14-/m1/s1. The first-order valence-electron chi connectivity index (χ1n) is 8.13. The van der Waals surface area contributed by atoms with Crippen LogP contribution in [0.15, 0.2) is 48.7 Å². The summed E-state index contributed by atoms with van der Waals surface area (Å²) in [6.07, 6.45) is 1.81. The number of hydrogen-bond donors (Lipinski definition) is 2. The smallest absolute Gasteiger partial charge is 0.171 e. The molecule has 3 rings (SSSR count). The predicted octanol–water partition coefficient (Wildman–Crippen LogP) is 2.97. The summed E-state index contributed by atoms with van der Waals surface area (Å²) < 4.78 is 5.36. The van der Waals surface area contributed by atoms with E-state index in [9.17, 15) is 0 Å². The monoisotopic (exact) mass is 342 g/mol. The number of pyridine rings is 1. The summed E-state index contributed by atoms with van der Waals surface area (Å²) in [5.41, 5.74) is 2.08. The van der Waals surface area contributed by atoms with Crippen LogP contribution < -0.4 is 15.5 Å². The quantitative estimate of drug-likeness (QED) is 0.833. The van der Waals surface area contributed by atoms with Gasteiger partial charge in [-0.2, -0.15) is 0 Å². The molecule has 6 heteroatoms. The molecule has 0 bridgehead atoms. The van der Waals surface area contributed by atoms with Crippen molar-refractivity contribution in [3.8, 4) is 0 Å². The summed E-state index contributed by atoms with van der Waals surface area (Å²) in [6.45, 7) is 5.37. The number of anilines is 2. The summed E-state index contributed by atoms with van der Waals surface area (Å²) in [4.78, 5) is 6.74. The highest BCUT2D eigenvalue weighted by atomic mass is 32.1. The molecule has 0 spiro atoms. The van der Waals surface area contributed by atoms with Crippen molar-refractivity contribution < 1.29 is 4.74 Å². The number of ether oxygens (including phenoxy) is 1. The van der Waals surface area contributed by atoms with Crippen LogP contribution in [0.25, 0.3) is 0 Å². The van der Waals surface area contributed by atoms with Gasteiger partial charge in [-0.15, -0.1) is 0 Å². The Morgan fingerprint density at radius 1 is 1.17 bits per heavy atom. The lowest BCUT2D eigenvalue weighted by atomic mass is 10.1. The van der Waals surface area contributed by atoms with Crippen molar-refractivity contribution in [2.75, 3.05) is 36.5 Å². The second-order valence-corrected chi connectivity index (χ2v) is 6.14. The van der Waals surface area contributed by atoms with E-state index in [1.807, 2.05) is 36.5 Å². The molecule has 1 aromatic carbocycles. The van der Waals surface area contributed by atoms with Crippen LogP contribution in [0.2, 0.25) is 0 Å². The summed E-state index contributed by atoms with van der Waals surface area (Å²) in [5, 5.41) is 7.07. The Bertz CT molecular complexity index is 656. The number of hydrogen-bond acceptors (Lipinski definition) is 4. The minimum atomic E-state index is 0.145. The maximum atomic E-state index is 5.39. The zero-order valence-corrected chi connectivity index (χ0v) is 14.6. The predicted molar refractivity (Wildman–Crippen MR) is 101 cm³/mol. The van der Waals surface area contributed by atoms with Gasteiger partial charge >= 0.3 is 0 Å². The number of thiocarbonyl (C=S) groups is 1. The third-order valence-corrected chi connectivity index (χ3v) is 4.21. The van der Waals surface area contributed by atoms with Gasteiger partial charge in [-0.25, -0.2) is 4.98 Å². The molecule has 1 aliphatic rings. The van der Waals surface area contributed by atoms with E-state index in [0.29, 0.717) is 5.11 Å². The first-order chi connectivity index (χ1) is 11.7. The number of benzene rings is 1.